The maximum Gasteiger partial charge on any atom is 0.407 e. The topological polar surface area (TPSA) is 38.3 Å². The maximum atomic E-state index is 11.1. The molecular weight excluding hydrogens is 154 g/mol. The molecule has 70 valence electrons. The Labute approximate surface area is 73.5 Å². The summed E-state index contributed by atoms with van der Waals surface area (Å²) >= 11 is 0. The fourth-order valence-electron chi connectivity index (χ4n) is 1.43. The van der Waals surface area contributed by atoms with E-state index in [9.17, 15) is 4.79 Å². The first-order valence-corrected chi connectivity index (χ1v) is 4.65. The SMILES string of the molecule is CC(C)NC(=O)OC1CCCC1. The van der Waals surface area contributed by atoms with Crippen molar-refractivity contribution in [2.75, 3.05) is 0 Å². The van der Waals surface area contributed by atoms with Crippen molar-refractivity contribution in [3.63, 3.8) is 0 Å². The largest absolute Gasteiger partial charge is 0.446 e. The second-order valence-electron chi connectivity index (χ2n) is 3.61. The van der Waals surface area contributed by atoms with E-state index in [4.69, 9.17) is 4.74 Å². The monoisotopic (exact) mass is 171 g/mol. The summed E-state index contributed by atoms with van der Waals surface area (Å²) in [5.74, 6) is 0. The van der Waals surface area contributed by atoms with Gasteiger partial charge in [-0.3, -0.25) is 0 Å². The first kappa shape index (κ1) is 9.36. The lowest BCUT2D eigenvalue weighted by atomic mass is 10.3. The van der Waals surface area contributed by atoms with Gasteiger partial charge in [0.15, 0.2) is 0 Å². The average molecular weight is 171 g/mol. The summed E-state index contributed by atoms with van der Waals surface area (Å²) < 4.78 is 5.17. The van der Waals surface area contributed by atoms with Crippen molar-refractivity contribution >= 4 is 6.09 Å². The van der Waals surface area contributed by atoms with Gasteiger partial charge in [-0.15, -0.1) is 0 Å². The number of carbonyl (C=O) groups excluding carboxylic acids is 1. The van der Waals surface area contributed by atoms with Gasteiger partial charge in [0.1, 0.15) is 6.10 Å². The van der Waals surface area contributed by atoms with Crippen LogP contribution in [-0.4, -0.2) is 18.2 Å². The van der Waals surface area contributed by atoms with Crippen molar-refractivity contribution in [2.24, 2.45) is 0 Å². The molecule has 0 aromatic heterocycles. The Morgan fingerprint density at radius 2 is 2.00 bits per heavy atom. The third-order valence-electron chi connectivity index (χ3n) is 1.98. The molecule has 1 fully saturated rings. The number of alkyl carbamates (subject to hydrolysis) is 1. The Kier molecular flexibility index (Phi) is 3.38. The van der Waals surface area contributed by atoms with Crippen LogP contribution in [0.25, 0.3) is 0 Å². The number of rotatable bonds is 2. The predicted octanol–water partition coefficient (Wildman–Crippen LogP) is 2.06. The van der Waals surface area contributed by atoms with Gasteiger partial charge in [-0.25, -0.2) is 4.79 Å². The summed E-state index contributed by atoms with van der Waals surface area (Å²) in [6.07, 6.45) is 4.36. The molecule has 0 aliphatic heterocycles. The van der Waals surface area contributed by atoms with Crippen LogP contribution in [0.4, 0.5) is 4.79 Å². The van der Waals surface area contributed by atoms with Gasteiger partial charge in [-0.1, -0.05) is 0 Å². The predicted molar refractivity (Wildman–Crippen MR) is 47.0 cm³/mol. The van der Waals surface area contributed by atoms with Crippen LogP contribution in [0.3, 0.4) is 0 Å². The zero-order valence-corrected chi connectivity index (χ0v) is 7.80. The van der Waals surface area contributed by atoms with Gasteiger partial charge in [0, 0.05) is 6.04 Å². The van der Waals surface area contributed by atoms with Gasteiger partial charge < -0.3 is 10.1 Å². The number of carbonyl (C=O) groups is 1. The Morgan fingerprint density at radius 3 is 2.50 bits per heavy atom. The molecule has 1 aliphatic rings. The highest BCUT2D eigenvalue weighted by Crippen LogP contribution is 2.20. The van der Waals surface area contributed by atoms with Crippen LogP contribution < -0.4 is 5.32 Å². The van der Waals surface area contributed by atoms with E-state index in [1.165, 1.54) is 12.8 Å². The molecule has 1 amide bonds. The molecule has 1 rings (SSSR count). The minimum absolute atomic E-state index is 0.166. The smallest absolute Gasteiger partial charge is 0.407 e. The average Bonchev–Trinajstić information content (AvgIpc) is 2.37. The summed E-state index contributed by atoms with van der Waals surface area (Å²) in [6, 6.07) is 0.166. The number of hydrogen-bond donors (Lipinski definition) is 1. The fraction of sp³-hybridized carbons (Fsp3) is 0.889. The molecule has 0 bridgehead atoms. The van der Waals surface area contributed by atoms with E-state index in [1.54, 1.807) is 0 Å². The highest BCUT2D eigenvalue weighted by Gasteiger charge is 2.18. The van der Waals surface area contributed by atoms with Crippen LogP contribution >= 0.6 is 0 Å². The highest BCUT2D eigenvalue weighted by molar-refractivity contribution is 5.67. The quantitative estimate of drug-likeness (QED) is 0.690. The van der Waals surface area contributed by atoms with E-state index >= 15 is 0 Å². The molecule has 1 N–H and O–H groups in total. The first-order chi connectivity index (χ1) is 5.68. The number of amides is 1. The summed E-state index contributed by atoms with van der Waals surface area (Å²) in [6.45, 7) is 3.85. The molecule has 0 radical (unpaired) electrons. The third-order valence-corrected chi connectivity index (χ3v) is 1.98. The van der Waals surface area contributed by atoms with E-state index in [-0.39, 0.29) is 18.2 Å². The molecule has 0 atom stereocenters. The first-order valence-electron chi connectivity index (χ1n) is 4.65. The minimum Gasteiger partial charge on any atom is -0.446 e. The molecule has 0 unspecified atom stereocenters. The number of nitrogens with one attached hydrogen (secondary N) is 1. The van der Waals surface area contributed by atoms with Crippen LogP contribution in [0, 0.1) is 0 Å². The van der Waals surface area contributed by atoms with Gasteiger partial charge in [0.05, 0.1) is 0 Å². The molecule has 0 aromatic rings. The van der Waals surface area contributed by atoms with Crippen molar-refractivity contribution in [3.05, 3.63) is 0 Å². The molecule has 3 heteroatoms. The van der Waals surface area contributed by atoms with Crippen molar-refractivity contribution in [3.8, 4) is 0 Å². The Hall–Kier alpha value is -0.730. The molecule has 1 saturated carbocycles. The molecule has 0 saturated heterocycles. The Morgan fingerprint density at radius 1 is 1.42 bits per heavy atom. The van der Waals surface area contributed by atoms with Crippen LogP contribution in [0.1, 0.15) is 39.5 Å². The molecular formula is C9H17NO2. The lowest BCUT2D eigenvalue weighted by Gasteiger charge is -2.13. The zero-order valence-electron chi connectivity index (χ0n) is 7.80. The Balaban J connectivity index is 2.16. The summed E-state index contributed by atoms with van der Waals surface area (Å²) in [4.78, 5) is 11.1. The summed E-state index contributed by atoms with van der Waals surface area (Å²) in [5.41, 5.74) is 0. The summed E-state index contributed by atoms with van der Waals surface area (Å²) in [5, 5.41) is 2.71. The third kappa shape index (κ3) is 3.11. The highest BCUT2D eigenvalue weighted by atomic mass is 16.6. The van der Waals surface area contributed by atoms with Gasteiger partial charge in [-0.05, 0) is 39.5 Å². The molecule has 0 aromatic carbocycles. The maximum absolute atomic E-state index is 11.1. The lowest BCUT2D eigenvalue weighted by molar-refractivity contribution is 0.0990. The van der Waals surface area contributed by atoms with Crippen molar-refractivity contribution in [1.82, 2.24) is 5.32 Å². The molecule has 0 spiro atoms. The second kappa shape index (κ2) is 4.33. The van der Waals surface area contributed by atoms with Crippen LogP contribution in [0.2, 0.25) is 0 Å². The van der Waals surface area contributed by atoms with Crippen LogP contribution in [0.15, 0.2) is 0 Å². The van der Waals surface area contributed by atoms with Crippen molar-refractivity contribution in [1.29, 1.82) is 0 Å². The van der Waals surface area contributed by atoms with E-state index < -0.39 is 0 Å². The van der Waals surface area contributed by atoms with E-state index in [0.29, 0.717) is 0 Å². The van der Waals surface area contributed by atoms with Crippen molar-refractivity contribution in [2.45, 2.75) is 51.7 Å². The number of hydrogen-bond acceptors (Lipinski definition) is 2. The molecule has 12 heavy (non-hydrogen) atoms. The zero-order chi connectivity index (χ0) is 8.97. The van der Waals surface area contributed by atoms with E-state index in [0.717, 1.165) is 12.8 Å². The van der Waals surface area contributed by atoms with Gasteiger partial charge >= 0.3 is 6.09 Å². The van der Waals surface area contributed by atoms with Crippen LogP contribution in [-0.2, 0) is 4.74 Å². The molecule has 3 nitrogen and oxygen atoms in total. The van der Waals surface area contributed by atoms with E-state index in [2.05, 4.69) is 5.32 Å². The van der Waals surface area contributed by atoms with Gasteiger partial charge in [0.2, 0.25) is 0 Å². The van der Waals surface area contributed by atoms with Gasteiger partial charge in [-0.2, -0.15) is 0 Å². The minimum atomic E-state index is -0.267. The number of ether oxygens (including phenoxy) is 1. The molecule has 0 heterocycles. The van der Waals surface area contributed by atoms with E-state index in [1.807, 2.05) is 13.8 Å². The van der Waals surface area contributed by atoms with Gasteiger partial charge in [0.25, 0.3) is 0 Å². The normalized spacial score (nSPS) is 18.2. The molecule has 1 aliphatic carbocycles. The Bertz CT molecular complexity index is 151. The standard InChI is InChI=1S/C9H17NO2/c1-7(2)10-9(11)12-8-5-3-4-6-8/h7-8H,3-6H2,1-2H3,(H,10,11). The lowest BCUT2D eigenvalue weighted by Crippen LogP contribution is -2.33. The second-order valence-corrected chi connectivity index (χ2v) is 3.61. The fourth-order valence-corrected chi connectivity index (χ4v) is 1.43. The summed E-state index contributed by atoms with van der Waals surface area (Å²) in [7, 11) is 0. The van der Waals surface area contributed by atoms with Crippen LogP contribution in [0.5, 0.6) is 0 Å². The van der Waals surface area contributed by atoms with Crippen molar-refractivity contribution < 1.29 is 9.53 Å².